The second-order valence-corrected chi connectivity index (χ2v) is 5.89. The molecule has 1 rings (SSSR count). The molecule has 0 spiro atoms. The van der Waals surface area contributed by atoms with Gasteiger partial charge in [-0.3, -0.25) is 0 Å². The third kappa shape index (κ3) is 11.6. The second kappa shape index (κ2) is 12.9. The van der Waals surface area contributed by atoms with Crippen molar-refractivity contribution in [3.63, 3.8) is 0 Å². The molecule has 0 bridgehead atoms. The zero-order chi connectivity index (χ0) is 16.8. The SMILES string of the molecule is CCCCCCCC1OC1CCC=CC=CC=CC=CC(=O)O. The number of carboxylic acids is 1. The first-order chi connectivity index (χ1) is 11.2. The molecule has 1 fully saturated rings. The summed E-state index contributed by atoms with van der Waals surface area (Å²) in [5.74, 6) is -0.930. The van der Waals surface area contributed by atoms with E-state index in [-0.39, 0.29) is 0 Å². The van der Waals surface area contributed by atoms with Crippen LogP contribution in [-0.4, -0.2) is 23.3 Å². The van der Waals surface area contributed by atoms with Gasteiger partial charge in [-0.1, -0.05) is 81.6 Å². The molecule has 1 aliphatic heterocycles. The Labute approximate surface area is 140 Å². The van der Waals surface area contributed by atoms with Crippen LogP contribution in [0.3, 0.4) is 0 Å². The Bertz CT molecular complexity index is 432. The number of hydrogen-bond donors (Lipinski definition) is 1. The number of allylic oxidation sites excluding steroid dienone is 7. The Kier molecular flexibility index (Phi) is 10.9. The molecule has 0 saturated carbocycles. The van der Waals surface area contributed by atoms with Crippen molar-refractivity contribution in [1.82, 2.24) is 0 Å². The van der Waals surface area contributed by atoms with Gasteiger partial charge in [-0.05, 0) is 19.3 Å². The average molecular weight is 318 g/mol. The number of carboxylic acid groups (broad SMARTS) is 1. The van der Waals surface area contributed by atoms with Crippen LogP contribution >= 0.6 is 0 Å². The molecule has 2 unspecified atom stereocenters. The summed E-state index contributed by atoms with van der Waals surface area (Å²) in [7, 11) is 0. The summed E-state index contributed by atoms with van der Waals surface area (Å²) in [6, 6.07) is 0. The van der Waals surface area contributed by atoms with Gasteiger partial charge in [0.05, 0.1) is 12.2 Å². The Morgan fingerprint density at radius 2 is 1.57 bits per heavy atom. The lowest BCUT2D eigenvalue weighted by molar-refractivity contribution is -0.131. The van der Waals surface area contributed by atoms with Crippen molar-refractivity contribution in [2.45, 2.75) is 70.5 Å². The van der Waals surface area contributed by atoms with Crippen molar-refractivity contribution in [1.29, 1.82) is 0 Å². The van der Waals surface area contributed by atoms with Gasteiger partial charge < -0.3 is 9.84 Å². The van der Waals surface area contributed by atoms with Gasteiger partial charge in [-0.25, -0.2) is 4.79 Å². The van der Waals surface area contributed by atoms with Crippen molar-refractivity contribution >= 4 is 5.97 Å². The minimum Gasteiger partial charge on any atom is -0.478 e. The Balaban J connectivity index is 1.96. The van der Waals surface area contributed by atoms with E-state index in [1.165, 1.54) is 44.6 Å². The number of rotatable bonds is 13. The van der Waals surface area contributed by atoms with E-state index < -0.39 is 5.97 Å². The highest BCUT2D eigenvalue weighted by Crippen LogP contribution is 2.31. The van der Waals surface area contributed by atoms with Gasteiger partial charge in [-0.2, -0.15) is 0 Å². The third-order valence-electron chi connectivity index (χ3n) is 3.83. The molecular formula is C20H30O3. The summed E-state index contributed by atoms with van der Waals surface area (Å²) in [5.41, 5.74) is 0. The van der Waals surface area contributed by atoms with E-state index in [2.05, 4.69) is 13.0 Å². The molecule has 0 aliphatic carbocycles. The van der Waals surface area contributed by atoms with Crippen LogP contribution in [-0.2, 0) is 9.53 Å². The standard InChI is InChI=1S/C20H30O3/c1-2-3-4-9-12-15-18-19(23-18)16-13-10-7-5-6-8-11-14-17-20(21)22/h5-8,10-11,14,17-19H,2-4,9,12-13,15-16H2,1H3,(H,21,22). The van der Waals surface area contributed by atoms with Crippen molar-refractivity contribution < 1.29 is 14.6 Å². The summed E-state index contributed by atoms with van der Waals surface area (Å²) in [6.45, 7) is 2.25. The zero-order valence-electron chi connectivity index (χ0n) is 14.2. The zero-order valence-corrected chi connectivity index (χ0v) is 14.2. The molecular weight excluding hydrogens is 288 g/mol. The van der Waals surface area contributed by atoms with Crippen molar-refractivity contribution in [3.8, 4) is 0 Å². The number of carbonyl (C=O) groups is 1. The molecule has 3 nitrogen and oxygen atoms in total. The summed E-state index contributed by atoms with van der Waals surface area (Å²) >= 11 is 0. The molecule has 0 aromatic carbocycles. The van der Waals surface area contributed by atoms with Gasteiger partial charge in [0.1, 0.15) is 0 Å². The highest BCUT2D eigenvalue weighted by molar-refractivity contribution is 5.80. The normalized spacial score (nSPS) is 21.3. The largest absolute Gasteiger partial charge is 0.478 e. The van der Waals surface area contributed by atoms with E-state index in [1.807, 2.05) is 24.3 Å². The van der Waals surface area contributed by atoms with Gasteiger partial charge in [0, 0.05) is 6.08 Å². The molecule has 1 aliphatic rings. The smallest absolute Gasteiger partial charge is 0.328 e. The lowest BCUT2D eigenvalue weighted by Crippen LogP contribution is -1.93. The molecule has 2 atom stereocenters. The van der Waals surface area contributed by atoms with Crippen LogP contribution in [0.2, 0.25) is 0 Å². The van der Waals surface area contributed by atoms with Crippen LogP contribution in [0.4, 0.5) is 0 Å². The van der Waals surface area contributed by atoms with Gasteiger partial charge in [0.2, 0.25) is 0 Å². The van der Waals surface area contributed by atoms with Gasteiger partial charge >= 0.3 is 5.97 Å². The first-order valence-electron chi connectivity index (χ1n) is 8.79. The van der Waals surface area contributed by atoms with E-state index in [0.717, 1.165) is 18.9 Å². The van der Waals surface area contributed by atoms with Crippen LogP contribution in [0.15, 0.2) is 48.6 Å². The summed E-state index contributed by atoms with van der Waals surface area (Å²) in [6.07, 6.45) is 25.2. The van der Waals surface area contributed by atoms with Crippen LogP contribution in [0, 0.1) is 0 Å². The van der Waals surface area contributed by atoms with Crippen LogP contribution < -0.4 is 0 Å². The minimum atomic E-state index is -0.930. The first-order valence-corrected chi connectivity index (χ1v) is 8.79. The highest BCUT2D eigenvalue weighted by atomic mass is 16.6. The van der Waals surface area contributed by atoms with E-state index in [4.69, 9.17) is 9.84 Å². The molecule has 23 heavy (non-hydrogen) atoms. The van der Waals surface area contributed by atoms with Crippen molar-refractivity contribution in [3.05, 3.63) is 48.6 Å². The summed E-state index contributed by atoms with van der Waals surface area (Å²) < 4.78 is 5.70. The predicted molar refractivity (Wildman–Crippen MR) is 95.5 cm³/mol. The summed E-state index contributed by atoms with van der Waals surface area (Å²) in [4.78, 5) is 10.2. The second-order valence-electron chi connectivity index (χ2n) is 5.89. The fourth-order valence-corrected chi connectivity index (χ4v) is 2.47. The maximum absolute atomic E-state index is 10.2. The Morgan fingerprint density at radius 1 is 0.913 bits per heavy atom. The monoisotopic (exact) mass is 318 g/mol. The van der Waals surface area contributed by atoms with Gasteiger partial charge in [0.15, 0.2) is 0 Å². The molecule has 3 heteroatoms. The molecule has 0 radical (unpaired) electrons. The lowest BCUT2D eigenvalue weighted by Gasteiger charge is -1.97. The molecule has 128 valence electrons. The number of hydrogen-bond acceptors (Lipinski definition) is 2. The van der Waals surface area contributed by atoms with Crippen LogP contribution in [0.1, 0.15) is 58.3 Å². The van der Waals surface area contributed by atoms with Crippen molar-refractivity contribution in [2.75, 3.05) is 0 Å². The van der Waals surface area contributed by atoms with Crippen LogP contribution in [0.5, 0.6) is 0 Å². The fourth-order valence-electron chi connectivity index (χ4n) is 2.47. The topological polar surface area (TPSA) is 49.8 Å². The molecule has 1 saturated heterocycles. The average Bonchev–Trinajstić information content (AvgIpc) is 3.27. The molecule has 0 amide bonds. The highest BCUT2D eigenvalue weighted by Gasteiger charge is 2.36. The van der Waals surface area contributed by atoms with E-state index in [1.54, 1.807) is 6.08 Å². The lowest BCUT2D eigenvalue weighted by atomic mass is 10.1. The first kappa shape index (κ1) is 19.4. The van der Waals surface area contributed by atoms with E-state index in [0.29, 0.717) is 12.2 Å². The fraction of sp³-hybridized carbons (Fsp3) is 0.550. The predicted octanol–water partition coefficient (Wildman–Crippen LogP) is 5.20. The Hall–Kier alpha value is -1.61. The van der Waals surface area contributed by atoms with Gasteiger partial charge in [-0.15, -0.1) is 0 Å². The number of unbranched alkanes of at least 4 members (excludes halogenated alkanes) is 4. The Morgan fingerprint density at radius 3 is 2.30 bits per heavy atom. The number of epoxide rings is 1. The molecule has 0 aromatic heterocycles. The molecule has 1 N–H and O–H groups in total. The third-order valence-corrected chi connectivity index (χ3v) is 3.83. The van der Waals surface area contributed by atoms with Crippen LogP contribution in [0.25, 0.3) is 0 Å². The van der Waals surface area contributed by atoms with Crippen molar-refractivity contribution in [2.24, 2.45) is 0 Å². The van der Waals surface area contributed by atoms with Gasteiger partial charge in [0.25, 0.3) is 0 Å². The molecule has 0 aromatic rings. The molecule has 1 heterocycles. The van der Waals surface area contributed by atoms with E-state index in [9.17, 15) is 4.79 Å². The maximum Gasteiger partial charge on any atom is 0.328 e. The number of aliphatic carboxylic acids is 1. The minimum absolute atomic E-state index is 0.482. The maximum atomic E-state index is 10.2. The number of ether oxygens (including phenoxy) is 1. The van der Waals surface area contributed by atoms with E-state index >= 15 is 0 Å². The quantitative estimate of drug-likeness (QED) is 0.220. The summed E-state index contributed by atoms with van der Waals surface area (Å²) in [5, 5.41) is 8.40.